The summed E-state index contributed by atoms with van der Waals surface area (Å²) in [6.45, 7) is 2.19. The summed E-state index contributed by atoms with van der Waals surface area (Å²) in [5.41, 5.74) is 1.36. The van der Waals surface area contributed by atoms with Gasteiger partial charge in [-0.3, -0.25) is 0 Å². The number of rotatable bonds is 4. The van der Waals surface area contributed by atoms with Crippen LogP contribution >= 0.6 is 0 Å². The second-order valence-corrected chi connectivity index (χ2v) is 3.42. The Bertz CT molecular complexity index is 251. The molecule has 1 rings (SSSR count). The summed E-state index contributed by atoms with van der Waals surface area (Å²) < 4.78 is 0. The summed E-state index contributed by atoms with van der Waals surface area (Å²) in [6.07, 6.45) is 4.94. The van der Waals surface area contributed by atoms with Crippen molar-refractivity contribution in [1.82, 2.24) is 0 Å². The highest BCUT2D eigenvalue weighted by atomic mass is 16.2. The Hall–Kier alpha value is -1.24. The van der Waals surface area contributed by atoms with Crippen LogP contribution in [0.2, 0.25) is 0 Å². The van der Waals surface area contributed by atoms with Crippen molar-refractivity contribution in [2.24, 2.45) is 5.92 Å². The molecular weight excluding hydrogens is 160 g/mol. The monoisotopic (exact) mass is 176 g/mol. The summed E-state index contributed by atoms with van der Waals surface area (Å²) in [4.78, 5) is 0. The Morgan fingerprint density at radius 1 is 1.31 bits per heavy atom. The second kappa shape index (κ2) is 5.41. The molecule has 1 aromatic carbocycles. The molecule has 0 fully saturated rings. The van der Waals surface area contributed by atoms with Crippen molar-refractivity contribution in [2.75, 3.05) is 0 Å². The van der Waals surface area contributed by atoms with Crippen LogP contribution in [0.15, 0.2) is 42.7 Å². The predicted octanol–water partition coefficient (Wildman–Crippen LogP) is 3.33. The van der Waals surface area contributed by atoms with Crippen molar-refractivity contribution >= 4 is 0 Å². The maximum atomic E-state index is 8.50. The summed E-state index contributed by atoms with van der Waals surface area (Å²) in [7, 11) is 0. The largest absolute Gasteiger partial charge is 0.516 e. The van der Waals surface area contributed by atoms with Gasteiger partial charge in [0.05, 0.1) is 6.26 Å². The Morgan fingerprint density at radius 2 is 2.00 bits per heavy atom. The van der Waals surface area contributed by atoms with Gasteiger partial charge in [-0.05, 0) is 30.4 Å². The average Bonchev–Trinajstić information content (AvgIpc) is 2.16. The Balaban J connectivity index is 2.40. The van der Waals surface area contributed by atoms with Crippen LogP contribution in [0.4, 0.5) is 0 Å². The summed E-state index contributed by atoms with van der Waals surface area (Å²) in [5, 5.41) is 8.50. The van der Waals surface area contributed by atoms with Gasteiger partial charge in [-0.25, -0.2) is 0 Å². The van der Waals surface area contributed by atoms with Crippen LogP contribution in [0.1, 0.15) is 18.9 Å². The van der Waals surface area contributed by atoms with E-state index >= 15 is 0 Å². The van der Waals surface area contributed by atoms with E-state index in [9.17, 15) is 0 Å². The zero-order valence-corrected chi connectivity index (χ0v) is 7.98. The smallest absolute Gasteiger partial charge is 0.0751 e. The van der Waals surface area contributed by atoms with Crippen molar-refractivity contribution in [3.05, 3.63) is 48.2 Å². The molecule has 0 bridgehead atoms. The van der Waals surface area contributed by atoms with Gasteiger partial charge in [-0.1, -0.05) is 37.3 Å². The molecule has 0 aliphatic carbocycles. The molecule has 1 unspecified atom stereocenters. The van der Waals surface area contributed by atoms with Gasteiger partial charge in [0.15, 0.2) is 0 Å². The molecule has 0 heterocycles. The van der Waals surface area contributed by atoms with Crippen molar-refractivity contribution < 1.29 is 5.11 Å². The van der Waals surface area contributed by atoms with E-state index in [2.05, 4.69) is 31.2 Å². The highest BCUT2D eigenvalue weighted by Gasteiger charge is 2.00. The summed E-state index contributed by atoms with van der Waals surface area (Å²) in [5.74, 6) is 0.589. The molecule has 0 saturated heterocycles. The molecule has 70 valence electrons. The standard InChI is InChI=1S/C12H16O/c1-11(6-5-9-13)10-12-7-3-2-4-8-12/h2-5,7-9,11,13H,6,10H2,1H3. The first-order valence-corrected chi connectivity index (χ1v) is 4.66. The van der Waals surface area contributed by atoms with Gasteiger partial charge in [0.25, 0.3) is 0 Å². The summed E-state index contributed by atoms with van der Waals surface area (Å²) >= 11 is 0. The first kappa shape index (κ1) is 9.85. The zero-order valence-electron chi connectivity index (χ0n) is 7.98. The van der Waals surface area contributed by atoms with Crippen LogP contribution in [-0.2, 0) is 6.42 Å². The predicted molar refractivity (Wildman–Crippen MR) is 55.7 cm³/mol. The van der Waals surface area contributed by atoms with Crippen LogP contribution in [0.25, 0.3) is 0 Å². The van der Waals surface area contributed by atoms with Gasteiger partial charge < -0.3 is 5.11 Å². The van der Waals surface area contributed by atoms with Gasteiger partial charge in [-0.2, -0.15) is 0 Å². The van der Waals surface area contributed by atoms with Crippen molar-refractivity contribution in [1.29, 1.82) is 0 Å². The lowest BCUT2D eigenvalue weighted by Gasteiger charge is -2.07. The molecule has 0 amide bonds. The highest BCUT2D eigenvalue weighted by Crippen LogP contribution is 2.11. The van der Waals surface area contributed by atoms with Crippen LogP contribution < -0.4 is 0 Å². The van der Waals surface area contributed by atoms with Crippen LogP contribution in [0.5, 0.6) is 0 Å². The molecule has 13 heavy (non-hydrogen) atoms. The minimum Gasteiger partial charge on any atom is -0.516 e. The first-order valence-electron chi connectivity index (χ1n) is 4.66. The minimum absolute atomic E-state index is 0.589. The molecule has 0 aliphatic heterocycles. The minimum atomic E-state index is 0.589. The Morgan fingerprint density at radius 3 is 2.62 bits per heavy atom. The molecule has 1 nitrogen and oxygen atoms in total. The lowest BCUT2D eigenvalue weighted by atomic mass is 9.98. The van der Waals surface area contributed by atoms with Gasteiger partial charge in [0.1, 0.15) is 0 Å². The fourth-order valence-electron chi connectivity index (χ4n) is 1.39. The van der Waals surface area contributed by atoms with Crippen LogP contribution in [0.3, 0.4) is 0 Å². The molecule has 1 N–H and O–H groups in total. The number of benzene rings is 1. The highest BCUT2D eigenvalue weighted by molar-refractivity contribution is 5.15. The first-order chi connectivity index (χ1) is 6.33. The quantitative estimate of drug-likeness (QED) is 0.698. The van der Waals surface area contributed by atoms with Gasteiger partial charge in [0, 0.05) is 0 Å². The number of hydrogen-bond acceptors (Lipinski definition) is 1. The maximum Gasteiger partial charge on any atom is 0.0751 e. The van der Waals surface area contributed by atoms with E-state index in [0.29, 0.717) is 5.92 Å². The molecule has 0 saturated carbocycles. The fourth-order valence-corrected chi connectivity index (χ4v) is 1.39. The second-order valence-electron chi connectivity index (χ2n) is 3.42. The van der Waals surface area contributed by atoms with E-state index in [1.165, 1.54) is 5.56 Å². The van der Waals surface area contributed by atoms with E-state index in [1.807, 2.05) is 6.07 Å². The van der Waals surface area contributed by atoms with Crippen LogP contribution in [0, 0.1) is 5.92 Å². The van der Waals surface area contributed by atoms with E-state index in [-0.39, 0.29) is 0 Å². The SMILES string of the molecule is CC(CC=CO)Cc1ccccc1. The average molecular weight is 176 g/mol. The van der Waals surface area contributed by atoms with Crippen LogP contribution in [-0.4, -0.2) is 5.11 Å². The third kappa shape index (κ3) is 3.79. The fraction of sp³-hybridized carbons (Fsp3) is 0.333. The number of allylic oxidation sites excluding steroid dienone is 1. The van der Waals surface area contributed by atoms with E-state index in [0.717, 1.165) is 19.1 Å². The summed E-state index contributed by atoms with van der Waals surface area (Å²) in [6, 6.07) is 10.4. The molecular formula is C12H16O. The lowest BCUT2D eigenvalue weighted by Crippen LogP contribution is -1.97. The number of aliphatic hydroxyl groups is 1. The molecule has 0 aliphatic rings. The van der Waals surface area contributed by atoms with Gasteiger partial charge in [-0.15, -0.1) is 0 Å². The number of aliphatic hydroxyl groups excluding tert-OH is 1. The van der Waals surface area contributed by atoms with E-state index < -0.39 is 0 Å². The zero-order chi connectivity index (χ0) is 9.52. The van der Waals surface area contributed by atoms with Gasteiger partial charge in [0.2, 0.25) is 0 Å². The van der Waals surface area contributed by atoms with Crippen molar-refractivity contribution in [3.63, 3.8) is 0 Å². The Labute approximate surface area is 79.7 Å². The maximum absolute atomic E-state index is 8.50. The van der Waals surface area contributed by atoms with Crippen molar-refractivity contribution in [2.45, 2.75) is 19.8 Å². The normalized spacial score (nSPS) is 13.3. The van der Waals surface area contributed by atoms with E-state index in [1.54, 1.807) is 6.08 Å². The topological polar surface area (TPSA) is 20.2 Å². The van der Waals surface area contributed by atoms with E-state index in [4.69, 9.17) is 5.11 Å². The lowest BCUT2D eigenvalue weighted by molar-refractivity contribution is 0.465. The number of hydrogen-bond donors (Lipinski definition) is 1. The third-order valence-corrected chi connectivity index (χ3v) is 2.07. The molecule has 0 spiro atoms. The van der Waals surface area contributed by atoms with Gasteiger partial charge >= 0.3 is 0 Å². The molecule has 0 aromatic heterocycles. The molecule has 1 atom stereocenters. The Kier molecular flexibility index (Phi) is 4.10. The third-order valence-electron chi connectivity index (χ3n) is 2.07. The molecule has 1 aromatic rings. The molecule has 1 heteroatoms. The van der Waals surface area contributed by atoms with Crippen molar-refractivity contribution in [3.8, 4) is 0 Å². The molecule has 0 radical (unpaired) electrons.